The topological polar surface area (TPSA) is 94.8 Å². The Morgan fingerprint density at radius 1 is 0.211 bits per heavy atom. The average Bonchev–Trinajstić information content (AvgIpc) is 1.54. The summed E-state index contributed by atoms with van der Waals surface area (Å²) in [4.78, 5) is 9.83. The first kappa shape index (κ1) is 78.3. The van der Waals surface area contributed by atoms with Crippen LogP contribution in [0.1, 0.15) is 0 Å². The molecule has 0 atom stereocenters. The van der Waals surface area contributed by atoms with Crippen molar-refractivity contribution in [3.8, 4) is 45.4 Å². The summed E-state index contributed by atoms with van der Waals surface area (Å²) in [6.07, 6.45) is 1.88. The molecule has 0 aliphatic rings. The van der Waals surface area contributed by atoms with Crippen molar-refractivity contribution in [1.82, 2.24) is 37.4 Å². The second-order valence-electron chi connectivity index (χ2n) is 37.2. The minimum Gasteiger partial charge on any atom is -0.455 e. The SMILES string of the molecule is c1ccc(-n2c3ccc4c5ccccc5oc4c3c3ccc4c(c5ccccc5n4-c4c5ccccc5cc5ccccc45)c32)cc1.c1ccc(-n2c3ccc4c5ccccc5oc4c3c3ccc4c(c5ccccc5n4-c4ccc(-c5cccc6c5sc5ccccc56)cc4)c32)cc1.c1ccc(-n2c3ccc4c5ccccc5oc4c3c3ccc4c(c5ccccc5n4-c4cnc5ccccc5n4)c32)cc1. The van der Waals surface area contributed by atoms with Gasteiger partial charge in [0.1, 0.15) is 33.5 Å². The van der Waals surface area contributed by atoms with Gasteiger partial charge in [0.2, 0.25) is 0 Å². The summed E-state index contributed by atoms with van der Waals surface area (Å²) in [5, 5.41) is 28.6. The second-order valence-corrected chi connectivity index (χ2v) is 38.2. The van der Waals surface area contributed by atoms with Gasteiger partial charge in [-0.25, -0.2) is 4.98 Å². The molecule has 11 aromatic heterocycles. The van der Waals surface area contributed by atoms with Crippen LogP contribution in [0.4, 0.5) is 0 Å². The lowest BCUT2D eigenvalue weighted by Gasteiger charge is -2.15. The zero-order chi connectivity index (χ0) is 92.6. The van der Waals surface area contributed by atoms with Crippen molar-refractivity contribution in [3.05, 3.63) is 461 Å². The van der Waals surface area contributed by atoms with Crippen LogP contribution in [0, 0.1) is 0 Å². The van der Waals surface area contributed by atoms with Crippen LogP contribution in [-0.4, -0.2) is 37.4 Å². The first-order valence-corrected chi connectivity index (χ1v) is 49.1. The van der Waals surface area contributed by atoms with Crippen molar-refractivity contribution < 1.29 is 13.3 Å². The molecule has 0 aliphatic heterocycles. The quantitative estimate of drug-likeness (QED) is 0.148. The Morgan fingerprint density at radius 2 is 0.556 bits per heavy atom. The lowest BCUT2D eigenvalue weighted by molar-refractivity contribution is 0.672. The molecule has 33 aromatic rings. The summed E-state index contributed by atoms with van der Waals surface area (Å²) in [7, 11) is 0. The van der Waals surface area contributed by atoms with E-state index < -0.39 is 0 Å². The number of thiophene rings is 1. The van der Waals surface area contributed by atoms with E-state index in [0.29, 0.717) is 0 Å². The van der Waals surface area contributed by atoms with Gasteiger partial charge in [-0.05, 0) is 204 Å². The van der Waals surface area contributed by atoms with Gasteiger partial charge in [0.05, 0.1) is 105 Å². The monoisotopic (exact) mass is 1830 g/mol. The highest BCUT2D eigenvalue weighted by atomic mass is 32.1. The molecule has 0 bridgehead atoms. The summed E-state index contributed by atoms with van der Waals surface area (Å²) in [6, 6.07) is 163. The van der Waals surface area contributed by atoms with Crippen molar-refractivity contribution in [2.45, 2.75) is 0 Å². The Labute approximate surface area is 812 Å². The predicted molar refractivity (Wildman–Crippen MR) is 594 cm³/mol. The highest BCUT2D eigenvalue weighted by Gasteiger charge is 2.31. The van der Waals surface area contributed by atoms with Gasteiger partial charge >= 0.3 is 0 Å². The number of rotatable bonds is 7. The average molecular weight is 1830 g/mol. The maximum Gasteiger partial charge on any atom is 0.156 e. The van der Waals surface area contributed by atoms with Crippen LogP contribution in [0.5, 0.6) is 0 Å². The van der Waals surface area contributed by atoms with Gasteiger partial charge in [0.25, 0.3) is 0 Å². The number of aromatic nitrogens is 8. The smallest absolute Gasteiger partial charge is 0.156 e. The third-order valence-corrected chi connectivity index (χ3v) is 30.9. The molecule has 0 spiro atoms. The number of benzene rings is 22. The Hall–Kier alpha value is -18.9. The van der Waals surface area contributed by atoms with Crippen LogP contribution >= 0.6 is 11.3 Å². The van der Waals surface area contributed by atoms with E-state index in [1.807, 2.05) is 66.1 Å². The Morgan fingerprint density at radius 3 is 1.03 bits per heavy atom. The van der Waals surface area contributed by atoms with Crippen LogP contribution in [-0.2, 0) is 0 Å². The van der Waals surface area contributed by atoms with Crippen LogP contribution < -0.4 is 0 Å². The van der Waals surface area contributed by atoms with E-state index in [1.54, 1.807) is 0 Å². The zero-order valence-corrected chi connectivity index (χ0v) is 76.9. The fraction of sp³-hybridized carbons (Fsp3) is 0. The fourth-order valence-corrected chi connectivity index (χ4v) is 25.1. The molecule has 33 rings (SSSR count). The van der Waals surface area contributed by atoms with E-state index in [4.69, 9.17) is 23.2 Å². The highest BCUT2D eigenvalue weighted by molar-refractivity contribution is 7.26. The lowest BCUT2D eigenvalue weighted by atomic mass is 10.0. The standard InChI is InChI=1S/C48H28N2OS.C44H26N2O.C38H22N4O/c1-2-11-30(12-3-1)50-41-27-25-35-33-13-5-8-19-42(33)51-47(35)45(41)38-26-28-40-44(46(38)50)37-15-4-7-18-39(37)49(40)31-23-21-29(22-24-31)32-16-10-17-36-34-14-6-9-20-43(34)52-48(32)36;1-2-14-29(15-3-1)45-38-24-22-33-32-18-9-11-21-39(32)47-44(33)41(38)35-23-25-37-40(43(35)45)34-19-8-10-20-36(34)46(37)42-30-16-6-4-12-27(30)26-28-13-5-7-17-31(28)42;1-2-10-23(11-3-1)41-32-20-18-25-24-12-5-9-17-33(24)43-38(25)36(32)27-19-21-31-35(37(27)41)26-13-4-8-16-30(26)42(31)34-22-39-28-14-6-7-15-29(28)40-34/h1-28H;1-26H;1-22H. The largest absolute Gasteiger partial charge is 0.455 e. The highest BCUT2D eigenvalue weighted by Crippen LogP contribution is 2.53. The van der Waals surface area contributed by atoms with Crippen molar-refractivity contribution in [2.75, 3.05) is 0 Å². The van der Waals surface area contributed by atoms with Gasteiger partial charge in [0.15, 0.2) is 5.82 Å². The minimum absolute atomic E-state index is 0.797. The molecular formula is C130H76N8O3S. The Kier molecular flexibility index (Phi) is 16.7. The molecular weight excluding hydrogens is 1750 g/mol. The van der Waals surface area contributed by atoms with Crippen molar-refractivity contribution >= 4 is 261 Å². The first-order valence-electron chi connectivity index (χ1n) is 48.2. The third kappa shape index (κ3) is 11.3. The molecule has 0 unspecified atom stereocenters. The molecule has 0 saturated carbocycles. The minimum atomic E-state index is 0.797. The summed E-state index contributed by atoms with van der Waals surface area (Å²) < 4.78 is 37.0. The zero-order valence-electron chi connectivity index (χ0n) is 76.1. The molecule has 0 aliphatic carbocycles. The molecule has 11 nitrogen and oxygen atoms in total. The number of nitrogens with zero attached hydrogens (tertiary/aromatic N) is 8. The van der Waals surface area contributed by atoms with E-state index in [9.17, 15) is 0 Å². The summed E-state index contributed by atoms with van der Waals surface area (Å²) in [5.74, 6) is 0.797. The number of furan rings is 3. The molecule has 660 valence electrons. The normalized spacial score (nSPS) is 12.2. The number of fused-ring (bicyclic) bond motifs is 39. The van der Waals surface area contributed by atoms with Gasteiger partial charge in [-0.1, -0.05) is 273 Å². The van der Waals surface area contributed by atoms with E-state index in [-0.39, 0.29) is 0 Å². The van der Waals surface area contributed by atoms with Crippen molar-refractivity contribution in [2.24, 2.45) is 0 Å². The van der Waals surface area contributed by atoms with Crippen LogP contribution in [0.2, 0.25) is 0 Å². The van der Waals surface area contributed by atoms with Gasteiger partial charge in [-0.2, -0.15) is 0 Å². The third-order valence-electron chi connectivity index (χ3n) is 29.7. The Balaban J connectivity index is 0.0000000981. The number of para-hydroxylation sites is 11. The Bertz CT molecular complexity index is 11100. The second kappa shape index (κ2) is 30.3. The van der Waals surface area contributed by atoms with Gasteiger partial charge in [0, 0.05) is 134 Å². The molecule has 0 saturated heterocycles. The summed E-state index contributed by atoms with van der Waals surface area (Å²) >= 11 is 1.88. The molecule has 0 N–H and O–H groups in total. The van der Waals surface area contributed by atoms with Crippen LogP contribution in [0.15, 0.2) is 474 Å². The summed E-state index contributed by atoms with van der Waals surface area (Å²) in [6.45, 7) is 0. The van der Waals surface area contributed by atoms with Crippen LogP contribution in [0.3, 0.4) is 0 Å². The number of hydrogen-bond acceptors (Lipinski definition) is 6. The molecule has 0 fully saturated rings. The molecule has 22 aromatic carbocycles. The summed E-state index contributed by atoms with van der Waals surface area (Å²) in [5.41, 5.74) is 29.3. The van der Waals surface area contributed by atoms with E-state index in [0.717, 1.165) is 160 Å². The van der Waals surface area contributed by atoms with Gasteiger partial charge in [-0.15, -0.1) is 11.3 Å². The van der Waals surface area contributed by atoms with Gasteiger partial charge < -0.3 is 36.1 Å². The molecule has 11 heterocycles. The maximum atomic E-state index is 6.67. The fourth-order valence-electron chi connectivity index (χ4n) is 23.8. The van der Waals surface area contributed by atoms with Crippen LogP contribution in [0.25, 0.3) is 295 Å². The molecule has 0 radical (unpaired) electrons. The van der Waals surface area contributed by atoms with E-state index >= 15 is 0 Å². The van der Waals surface area contributed by atoms with E-state index in [1.165, 1.54) is 135 Å². The maximum absolute atomic E-state index is 6.67. The van der Waals surface area contributed by atoms with E-state index in [2.05, 4.69) is 434 Å². The predicted octanol–water partition coefficient (Wildman–Crippen LogP) is 35.6. The number of hydrogen-bond donors (Lipinski definition) is 0. The first-order chi connectivity index (χ1) is 70.5. The van der Waals surface area contributed by atoms with Gasteiger partial charge in [-0.3, -0.25) is 9.55 Å². The molecule has 12 heteroatoms. The van der Waals surface area contributed by atoms with Crippen molar-refractivity contribution in [1.29, 1.82) is 0 Å². The lowest BCUT2D eigenvalue weighted by Crippen LogP contribution is -1.99. The molecule has 142 heavy (non-hydrogen) atoms. The molecule has 0 amide bonds. The van der Waals surface area contributed by atoms with Crippen molar-refractivity contribution in [3.63, 3.8) is 0 Å².